The van der Waals surface area contributed by atoms with Crippen molar-refractivity contribution in [2.75, 3.05) is 12.0 Å². The number of rotatable bonds is 3. The number of anilines is 1. The molecule has 1 aliphatic heterocycles. The van der Waals surface area contributed by atoms with Gasteiger partial charge in [0.15, 0.2) is 0 Å². The van der Waals surface area contributed by atoms with E-state index in [1.165, 1.54) is 11.3 Å². The maximum atomic E-state index is 12.8. The zero-order valence-electron chi connectivity index (χ0n) is 13.1. The molecule has 1 aromatic rings. The van der Waals surface area contributed by atoms with Crippen LogP contribution in [0.2, 0.25) is 0 Å². The second-order valence-corrected chi connectivity index (χ2v) is 7.46. The molecule has 23 heavy (non-hydrogen) atoms. The molecule has 2 amide bonds. The lowest BCUT2D eigenvalue weighted by molar-refractivity contribution is -0.139. The number of imide groups is 1. The van der Waals surface area contributed by atoms with Crippen LogP contribution in [0.3, 0.4) is 0 Å². The molecule has 0 unspecified atom stereocenters. The van der Waals surface area contributed by atoms with E-state index < -0.39 is 0 Å². The van der Waals surface area contributed by atoms with Gasteiger partial charge in [0.25, 0.3) is 0 Å². The van der Waals surface area contributed by atoms with Crippen molar-refractivity contribution in [1.82, 2.24) is 4.90 Å². The molecule has 0 radical (unpaired) electrons. The van der Waals surface area contributed by atoms with Gasteiger partial charge in [0.2, 0.25) is 11.8 Å². The van der Waals surface area contributed by atoms with Crippen LogP contribution >= 0.6 is 0 Å². The Bertz CT molecular complexity index is 705. The van der Waals surface area contributed by atoms with E-state index in [-0.39, 0.29) is 30.3 Å². The number of benzene rings is 1. The third-order valence-corrected chi connectivity index (χ3v) is 6.21. The van der Waals surface area contributed by atoms with Crippen LogP contribution in [0.5, 0.6) is 0 Å². The first-order chi connectivity index (χ1) is 11.1. The summed E-state index contributed by atoms with van der Waals surface area (Å²) in [5.41, 5.74) is 2.11. The van der Waals surface area contributed by atoms with Gasteiger partial charge >= 0.3 is 0 Å². The summed E-state index contributed by atoms with van der Waals surface area (Å²) in [7, 11) is 0. The summed E-state index contributed by atoms with van der Waals surface area (Å²) in [6.07, 6.45) is 5.63. The van der Waals surface area contributed by atoms with Crippen LogP contribution in [0.4, 0.5) is 5.69 Å². The predicted molar refractivity (Wildman–Crippen MR) is 86.2 cm³/mol. The highest BCUT2D eigenvalue weighted by molar-refractivity contribution is 6.06. The molecule has 6 atom stereocenters. The molecule has 0 aromatic heterocycles. The number of carbonyl (C=O) groups excluding carboxylic acids is 2. The van der Waals surface area contributed by atoms with E-state index in [1.807, 2.05) is 31.2 Å². The number of aryl methyl sites for hydroxylation is 1. The monoisotopic (exact) mass is 308 g/mol. The minimum absolute atomic E-state index is 0.0323. The van der Waals surface area contributed by atoms with Crippen molar-refractivity contribution < 1.29 is 9.59 Å². The summed E-state index contributed by atoms with van der Waals surface area (Å²) in [6, 6.07) is 7.99. The fourth-order valence-electron chi connectivity index (χ4n) is 5.10. The highest BCUT2D eigenvalue weighted by Crippen LogP contribution is 2.65. The first-order valence-corrected chi connectivity index (χ1v) is 8.49. The largest absolute Gasteiger partial charge is 0.367 e. The minimum atomic E-state index is -0.0967. The summed E-state index contributed by atoms with van der Waals surface area (Å²) < 4.78 is 0. The SMILES string of the molecule is Cc1cccc(NCN2C(=O)[C@@H]3[C@@H]4C=C[C@H]([C@H]5C[C@H]45)[C@@H]3C2=O)c1. The zero-order valence-corrected chi connectivity index (χ0v) is 13.1. The van der Waals surface area contributed by atoms with Gasteiger partial charge in [-0.2, -0.15) is 0 Å². The normalized spacial score (nSPS) is 39.4. The van der Waals surface area contributed by atoms with Crippen LogP contribution in [-0.2, 0) is 9.59 Å². The number of hydrogen-bond acceptors (Lipinski definition) is 3. The molecule has 3 fully saturated rings. The van der Waals surface area contributed by atoms with Gasteiger partial charge in [-0.1, -0.05) is 24.3 Å². The van der Waals surface area contributed by atoms with Crippen LogP contribution in [0.15, 0.2) is 36.4 Å². The molecule has 2 saturated carbocycles. The standard InChI is InChI=1S/C19H20N2O2/c1-10-3-2-4-11(7-10)20-9-21-18(22)16-12-5-6-13(15-8-14(12)15)17(16)19(21)23/h2-7,12-17,20H,8-9H2,1H3/t12-,13-,14-,15-,16-,17+/m1/s1. The van der Waals surface area contributed by atoms with E-state index >= 15 is 0 Å². The molecule has 2 bridgehead atoms. The fourth-order valence-corrected chi connectivity index (χ4v) is 5.10. The van der Waals surface area contributed by atoms with Crippen molar-refractivity contribution in [3.05, 3.63) is 42.0 Å². The molecular formula is C19H20N2O2. The zero-order chi connectivity index (χ0) is 15.7. The maximum Gasteiger partial charge on any atom is 0.235 e. The maximum absolute atomic E-state index is 12.8. The Morgan fingerprint density at radius 2 is 1.74 bits per heavy atom. The van der Waals surface area contributed by atoms with Crippen molar-refractivity contribution in [2.24, 2.45) is 35.5 Å². The summed E-state index contributed by atoms with van der Waals surface area (Å²) >= 11 is 0. The number of nitrogens with zero attached hydrogens (tertiary/aromatic N) is 1. The molecular weight excluding hydrogens is 288 g/mol. The Balaban J connectivity index is 1.37. The molecule has 4 nitrogen and oxygen atoms in total. The number of amides is 2. The Morgan fingerprint density at radius 3 is 2.35 bits per heavy atom. The lowest BCUT2D eigenvalue weighted by Gasteiger charge is -2.37. The van der Waals surface area contributed by atoms with Gasteiger partial charge in [-0.05, 0) is 54.7 Å². The molecule has 1 N–H and O–H groups in total. The number of likely N-dealkylation sites (tertiary alicyclic amines) is 1. The fraction of sp³-hybridized carbons (Fsp3) is 0.474. The smallest absolute Gasteiger partial charge is 0.235 e. The lowest BCUT2D eigenvalue weighted by Crippen LogP contribution is -2.40. The average Bonchev–Trinajstić information content (AvgIpc) is 3.32. The van der Waals surface area contributed by atoms with Crippen molar-refractivity contribution in [2.45, 2.75) is 13.3 Å². The predicted octanol–water partition coefficient (Wildman–Crippen LogP) is 2.42. The van der Waals surface area contributed by atoms with Gasteiger partial charge in [-0.3, -0.25) is 14.5 Å². The summed E-state index contributed by atoms with van der Waals surface area (Å²) in [4.78, 5) is 27.1. The number of nitrogens with one attached hydrogen (secondary N) is 1. The van der Waals surface area contributed by atoms with Crippen molar-refractivity contribution in [3.63, 3.8) is 0 Å². The molecule has 118 valence electrons. The van der Waals surface area contributed by atoms with Crippen LogP contribution < -0.4 is 5.32 Å². The van der Waals surface area contributed by atoms with E-state index in [9.17, 15) is 9.59 Å². The van der Waals surface area contributed by atoms with E-state index in [2.05, 4.69) is 17.5 Å². The summed E-state index contributed by atoms with van der Waals surface area (Å²) in [5.74, 6) is 1.79. The second-order valence-electron chi connectivity index (χ2n) is 7.46. The van der Waals surface area contributed by atoms with Gasteiger partial charge in [0.1, 0.15) is 0 Å². The highest BCUT2D eigenvalue weighted by atomic mass is 16.2. The quantitative estimate of drug-likeness (QED) is 0.689. The third-order valence-electron chi connectivity index (χ3n) is 6.21. The van der Waals surface area contributed by atoms with E-state index in [4.69, 9.17) is 0 Å². The average molecular weight is 308 g/mol. The van der Waals surface area contributed by atoms with E-state index in [0.29, 0.717) is 23.7 Å². The molecule has 4 heteroatoms. The van der Waals surface area contributed by atoms with Crippen molar-refractivity contribution in [3.8, 4) is 0 Å². The van der Waals surface area contributed by atoms with E-state index in [0.717, 1.165) is 11.3 Å². The number of hydrogen-bond donors (Lipinski definition) is 1. The molecule has 1 saturated heterocycles. The summed E-state index contributed by atoms with van der Waals surface area (Å²) in [5, 5.41) is 3.23. The first kappa shape index (κ1) is 13.3. The number of allylic oxidation sites excluding steroid dienone is 2. The Labute approximate surface area is 135 Å². The summed E-state index contributed by atoms with van der Waals surface area (Å²) in [6.45, 7) is 2.31. The van der Waals surface area contributed by atoms with Crippen LogP contribution in [0.25, 0.3) is 0 Å². The van der Waals surface area contributed by atoms with Crippen LogP contribution in [-0.4, -0.2) is 23.4 Å². The van der Waals surface area contributed by atoms with Gasteiger partial charge in [-0.15, -0.1) is 0 Å². The second kappa shape index (κ2) is 4.47. The molecule has 6 rings (SSSR count). The van der Waals surface area contributed by atoms with Crippen molar-refractivity contribution in [1.29, 1.82) is 0 Å². The molecule has 1 heterocycles. The van der Waals surface area contributed by atoms with E-state index in [1.54, 1.807) is 0 Å². The Kier molecular flexibility index (Phi) is 2.59. The van der Waals surface area contributed by atoms with Gasteiger partial charge in [0, 0.05) is 5.69 Å². The van der Waals surface area contributed by atoms with Crippen molar-refractivity contribution >= 4 is 17.5 Å². The molecule has 5 aliphatic rings. The Morgan fingerprint density at radius 1 is 1.09 bits per heavy atom. The van der Waals surface area contributed by atoms with Crippen LogP contribution in [0, 0.1) is 42.4 Å². The van der Waals surface area contributed by atoms with Crippen LogP contribution in [0.1, 0.15) is 12.0 Å². The van der Waals surface area contributed by atoms with Gasteiger partial charge in [-0.25, -0.2) is 0 Å². The third kappa shape index (κ3) is 1.78. The lowest BCUT2D eigenvalue weighted by atomic mass is 9.63. The molecule has 0 spiro atoms. The van der Waals surface area contributed by atoms with Gasteiger partial charge < -0.3 is 5.32 Å². The highest BCUT2D eigenvalue weighted by Gasteiger charge is 2.66. The molecule has 1 aromatic carbocycles. The van der Waals surface area contributed by atoms with Gasteiger partial charge in [0.05, 0.1) is 18.5 Å². The minimum Gasteiger partial charge on any atom is -0.367 e. The molecule has 4 aliphatic carbocycles. The number of carbonyl (C=O) groups is 2. The first-order valence-electron chi connectivity index (χ1n) is 8.49. The topological polar surface area (TPSA) is 49.4 Å². The Hall–Kier alpha value is -2.10.